The summed E-state index contributed by atoms with van der Waals surface area (Å²) in [5, 5.41) is 29.5. The Morgan fingerprint density at radius 2 is 2.33 bits per heavy atom. The number of carboxylic acid groups (broad SMARTS) is 1. The van der Waals surface area contributed by atoms with E-state index in [1.807, 2.05) is 0 Å². The summed E-state index contributed by atoms with van der Waals surface area (Å²) in [6.45, 7) is 2.30. The summed E-state index contributed by atoms with van der Waals surface area (Å²) in [4.78, 5) is 25.0. The standard InChI is InChI=1S/C11H12N6O4/c1-7-4-9(17(20)21)10(13-5-7)12-2-3-16-6-8(11(18)19)14-15-16/h4-6H,2-3H2,1H3,(H,12,13)(H,18,19). The van der Waals surface area contributed by atoms with Gasteiger partial charge in [-0.1, -0.05) is 5.21 Å². The fourth-order valence-corrected chi connectivity index (χ4v) is 1.62. The molecule has 0 saturated carbocycles. The van der Waals surface area contributed by atoms with Crippen molar-refractivity contribution in [2.45, 2.75) is 13.5 Å². The second-order valence-electron chi connectivity index (χ2n) is 4.24. The molecule has 0 saturated heterocycles. The summed E-state index contributed by atoms with van der Waals surface area (Å²) in [7, 11) is 0. The zero-order chi connectivity index (χ0) is 15.4. The van der Waals surface area contributed by atoms with Crippen molar-refractivity contribution in [3.05, 3.63) is 39.8 Å². The van der Waals surface area contributed by atoms with E-state index in [0.29, 0.717) is 18.7 Å². The first-order valence-corrected chi connectivity index (χ1v) is 5.95. The number of rotatable bonds is 6. The van der Waals surface area contributed by atoms with Crippen molar-refractivity contribution in [3.63, 3.8) is 0 Å². The van der Waals surface area contributed by atoms with Gasteiger partial charge in [0.1, 0.15) is 0 Å². The molecule has 0 aliphatic carbocycles. The van der Waals surface area contributed by atoms with E-state index in [0.717, 1.165) is 0 Å². The molecule has 21 heavy (non-hydrogen) atoms. The minimum absolute atomic E-state index is 0.111. The fraction of sp³-hybridized carbons (Fsp3) is 0.273. The van der Waals surface area contributed by atoms with Gasteiger partial charge in [0.15, 0.2) is 5.69 Å². The van der Waals surface area contributed by atoms with Gasteiger partial charge in [-0.25, -0.2) is 14.5 Å². The first-order chi connectivity index (χ1) is 9.97. The summed E-state index contributed by atoms with van der Waals surface area (Å²) in [6, 6.07) is 1.42. The summed E-state index contributed by atoms with van der Waals surface area (Å²) < 4.78 is 1.33. The van der Waals surface area contributed by atoms with Crippen LogP contribution in [0.5, 0.6) is 0 Å². The number of aromatic carboxylic acids is 1. The number of nitrogens with zero attached hydrogens (tertiary/aromatic N) is 5. The third-order valence-corrected chi connectivity index (χ3v) is 2.59. The maximum Gasteiger partial charge on any atom is 0.358 e. The van der Waals surface area contributed by atoms with Crippen molar-refractivity contribution in [2.24, 2.45) is 0 Å². The van der Waals surface area contributed by atoms with Gasteiger partial charge in [0, 0.05) is 18.8 Å². The van der Waals surface area contributed by atoms with Crippen molar-refractivity contribution in [2.75, 3.05) is 11.9 Å². The molecule has 0 radical (unpaired) electrons. The lowest BCUT2D eigenvalue weighted by Crippen LogP contribution is -2.13. The molecule has 10 heteroatoms. The normalized spacial score (nSPS) is 10.3. The predicted octanol–water partition coefficient (Wildman–Crippen LogP) is 0.700. The number of carboxylic acids is 1. The van der Waals surface area contributed by atoms with Crippen molar-refractivity contribution in [1.82, 2.24) is 20.0 Å². The highest BCUT2D eigenvalue weighted by Crippen LogP contribution is 2.21. The number of nitro groups is 1. The van der Waals surface area contributed by atoms with Gasteiger partial charge in [0.2, 0.25) is 5.82 Å². The van der Waals surface area contributed by atoms with Gasteiger partial charge in [-0.05, 0) is 12.5 Å². The molecule has 2 heterocycles. The monoisotopic (exact) mass is 292 g/mol. The molecule has 0 spiro atoms. The van der Waals surface area contributed by atoms with Crippen LogP contribution < -0.4 is 5.32 Å². The van der Waals surface area contributed by atoms with Gasteiger partial charge in [0.25, 0.3) is 0 Å². The number of aryl methyl sites for hydroxylation is 1. The Labute approximate surface area is 118 Å². The molecule has 2 rings (SSSR count). The smallest absolute Gasteiger partial charge is 0.358 e. The first kappa shape index (κ1) is 14.4. The van der Waals surface area contributed by atoms with Crippen molar-refractivity contribution < 1.29 is 14.8 Å². The molecule has 0 bridgehead atoms. The summed E-state index contributed by atoms with van der Waals surface area (Å²) >= 11 is 0. The molecule has 0 atom stereocenters. The Kier molecular flexibility index (Phi) is 4.07. The number of anilines is 1. The van der Waals surface area contributed by atoms with E-state index in [2.05, 4.69) is 20.6 Å². The lowest BCUT2D eigenvalue weighted by molar-refractivity contribution is -0.384. The minimum atomic E-state index is -1.16. The van der Waals surface area contributed by atoms with Crippen molar-refractivity contribution in [1.29, 1.82) is 0 Å². The largest absolute Gasteiger partial charge is 0.476 e. The van der Waals surface area contributed by atoms with Crippen LogP contribution in [0.1, 0.15) is 16.1 Å². The molecule has 0 amide bonds. The van der Waals surface area contributed by atoms with Crippen LogP contribution in [-0.2, 0) is 6.54 Å². The van der Waals surface area contributed by atoms with E-state index in [4.69, 9.17) is 5.11 Å². The highest BCUT2D eigenvalue weighted by atomic mass is 16.6. The molecule has 110 valence electrons. The third kappa shape index (κ3) is 3.49. The molecule has 2 N–H and O–H groups in total. The molecule has 10 nitrogen and oxygen atoms in total. The number of hydrogen-bond acceptors (Lipinski definition) is 7. The summed E-state index contributed by atoms with van der Waals surface area (Å²) in [6.07, 6.45) is 2.80. The quantitative estimate of drug-likeness (QED) is 0.586. The maximum atomic E-state index is 10.9. The Bertz CT molecular complexity index is 683. The van der Waals surface area contributed by atoms with Gasteiger partial charge >= 0.3 is 11.7 Å². The molecule has 0 aromatic carbocycles. The van der Waals surface area contributed by atoms with E-state index in [9.17, 15) is 14.9 Å². The molecule has 0 aliphatic heterocycles. The Balaban J connectivity index is 2.00. The Morgan fingerprint density at radius 3 is 2.95 bits per heavy atom. The molecular weight excluding hydrogens is 280 g/mol. The molecule has 0 aliphatic rings. The lowest BCUT2D eigenvalue weighted by Gasteiger charge is -2.06. The fourth-order valence-electron chi connectivity index (χ4n) is 1.62. The van der Waals surface area contributed by atoms with Gasteiger partial charge < -0.3 is 10.4 Å². The number of nitrogens with one attached hydrogen (secondary N) is 1. The SMILES string of the molecule is Cc1cnc(NCCn2cc(C(=O)O)nn2)c([N+](=O)[O-])c1. The van der Waals surface area contributed by atoms with Gasteiger partial charge in [0.05, 0.1) is 17.7 Å². The highest BCUT2D eigenvalue weighted by Gasteiger charge is 2.15. The average Bonchev–Trinajstić information content (AvgIpc) is 2.89. The number of aromatic nitrogens is 4. The van der Waals surface area contributed by atoms with E-state index in [1.165, 1.54) is 23.1 Å². The highest BCUT2D eigenvalue weighted by molar-refractivity contribution is 5.84. The Hall–Kier alpha value is -3.04. The van der Waals surface area contributed by atoms with Crippen LogP contribution in [0.25, 0.3) is 0 Å². The van der Waals surface area contributed by atoms with E-state index in [1.54, 1.807) is 6.92 Å². The van der Waals surface area contributed by atoms with Crippen LogP contribution in [0.4, 0.5) is 11.5 Å². The molecular formula is C11H12N6O4. The van der Waals surface area contributed by atoms with Crippen LogP contribution in [0.15, 0.2) is 18.5 Å². The van der Waals surface area contributed by atoms with Crippen LogP contribution >= 0.6 is 0 Å². The Morgan fingerprint density at radius 1 is 1.57 bits per heavy atom. The van der Waals surface area contributed by atoms with E-state index in [-0.39, 0.29) is 17.2 Å². The van der Waals surface area contributed by atoms with E-state index < -0.39 is 10.9 Å². The van der Waals surface area contributed by atoms with Gasteiger partial charge in [-0.15, -0.1) is 5.10 Å². The predicted molar refractivity (Wildman–Crippen MR) is 71.1 cm³/mol. The average molecular weight is 292 g/mol. The van der Waals surface area contributed by atoms with Crippen LogP contribution in [0.3, 0.4) is 0 Å². The molecule has 0 fully saturated rings. The zero-order valence-electron chi connectivity index (χ0n) is 11.1. The number of hydrogen-bond donors (Lipinski definition) is 2. The van der Waals surface area contributed by atoms with Crippen molar-refractivity contribution >= 4 is 17.5 Å². The minimum Gasteiger partial charge on any atom is -0.476 e. The van der Waals surface area contributed by atoms with Crippen LogP contribution in [0.2, 0.25) is 0 Å². The maximum absolute atomic E-state index is 10.9. The summed E-state index contributed by atoms with van der Waals surface area (Å²) in [5.74, 6) is -1.01. The van der Waals surface area contributed by atoms with Crippen LogP contribution in [0, 0.1) is 17.0 Å². The molecule has 2 aromatic heterocycles. The van der Waals surface area contributed by atoms with Crippen molar-refractivity contribution in [3.8, 4) is 0 Å². The molecule has 2 aromatic rings. The summed E-state index contributed by atoms with van der Waals surface area (Å²) in [5.41, 5.74) is 0.420. The second-order valence-corrected chi connectivity index (χ2v) is 4.24. The third-order valence-electron chi connectivity index (χ3n) is 2.59. The lowest BCUT2D eigenvalue weighted by atomic mass is 10.3. The topological polar surface area (TPSA) is 136 Å². The van der Waals surface area contributed by atoms with E-state index >= 15 is 0 Å². The number of carbonyl (C=O) groups is 1. The van der Waals surface area contributed by atoms with Crippen LogP contribution in [-0.4, -0.2) is 42.5 Å². The van der Waals surface area contributed by atoms with Gasteiger partial charge in [-0.2, -0.15) is 0 Å². The zero-order valence-corrected chi connectivity index (χ0v) is 11.1. The second kappa shape index (κ2) is 5.94. The molecule has 0 unspecified atom stereocenters. The number of pyridine rings is 1. The first-order valence-electron chi connectivity index (χ1n) is 5.95. The van der Waals surface area contributed by atoms with Gasteiger partial charge in [-0.3, -0.25) is 10.1 Å².